The van der Waals surface area contributed by atoms with Crippen molar-refractivity contribution in [2.75, 3.05) is 9.80 Å². The highest BCUT2D eigenvalue weighted by Gasteiger charge is 2.26. The molecule has 56 heavy (non-hydrogen) atoms. The molecule has 5 aromatic carbocycles. The quantitative estimate of drug-likeness (QED) is 0.204. The SMILES string of the molecule is O=C1C=CC(=O)N1c1ccc(Oc2ccc(-n3c(=O)c4cc5c(=O)n(-c6ccc(Oc7ccc(N8C(=O)C=CC8=O)cc7)cc6)c(=O)c5cc4c3=O)cc2)cc1. The molecule has 2 aromatic heterocycles. The van der Waals surface area contributed by atoms with Gasteiger partial charge in [0.2, 0.25) is 0 Å². The molecule has 4 heterocycles. The molecule has 0 saturated heterocycles. The second-order valence-corrected chi connectivity index (χ2v) is 12.7. The summed E-state index contributed by atoms with van der Waals surface area (Å²) in [6, 6.07) is 27.5. The van der Waals surface area contributed by atoms with Crippen LogP contribution in [0.1, 0.15) is 0 Å². The van der Waals surface area contributed by atoms with Crippen molar-refractivity contribution >= 4 is 56.5 Å². The zero-order valence-electron chi connectivity index (χ0n) is 28.6. The first-order valence-corrected chi connectivity index (χ1v) is 16.9. The molecule has 2 aliphatic rings. The fourth-order valence-electron chi connectivity index (χ4n) is 6.68. The van der Waals surface area contributed by atoms with Crippen LogP contribution in [0.4, 0.5) is 11.4 Å². The molecule has 0 N–H and O–H groups in total. The lowest BCUT2D eigenvalue weighted by Gasteiger charge is -2.14. The van der Waals surface area contributed by atoms with E-state index in [1.54, 1.807) is 72.8 Å². The Morgan fingerprint density at radius 1 is 0.304 bits per heavy atom. The molecule has 4 amide bonds. The highest BCUT2D eigenvalue weighted by Crippen LogP contribution is 2.29. The van der Waals surface area contributed by atoms with E-state index in [4.69, 9.17) is 9.47 Å². The molecule has 0 aliphatic carbocycles. The van der Waals surface area contributed by atoms with Gasteiger partial charge in [0.05, 0.1) is 44.3 Å². The lowest BCUT2D eigenvalue weighted by atomic mass is 10.1. The number of hydrogen-bond donors (Lipinski definition) is 0. The number of rotatable bonds is 8. The molecule has 0 unspecified atom stereocenters. The van der Waals surface area contributed by atoms with Crippen molar-refractivity contribution in [3.63, 3.8) is 0 Å². The molecule has 7 aromatic rings. The first kappa shape index (κ1) is 33.6. The van der Waals surface area contributed by atoms with Crippen molar-refractivity contribution in [2.24, 2.45) is 0 Å². The largest absolute Gasteiger partial charge is 0.457 e. The van der Waals surface area contributed by atoms with E-state index in [-0.39, 0.29) is 32.9 Å². The van der Waals surface area contributed by atoms with Gasteiger partial charge in [-0.25, -0.2) is 18.9 Å². The van der Waals surface area contributed by atoms with Crippen LogP contribution in [-0.4, -0.2) is 32.8 Å². The van der Waals surface area contributed by atoms with Crippen LogP contribution in [0.15, 0.2) is 153 Å². The second-order valence-electron chi connectivity index (χ2n) is 12.7. The Bertz CT molecular complexity index is 2790. The van der Waals surface area contributed by atoms with Gasteiger partial charge in [-0.3, -0.25) is 38.4 Å². The first-order valence-electron chi connectivity index (χ1n) is 16.9. The fraction of sp³-hybridized carbons (Fsp3) is 0. The number of aromatic nitrogens is 2. The highest BCUT2D eigenvalue weighted by atomic mass is 16.5. The molecule has 2 aliphatic heterocycles. The third kappa shape index (κ3) is 5.44. The van der Waals surface area contributed by atoms with Crippen LogP contribution in [0.5, 0.6) is 23.0 Å². The summed E-state index contributed by atoms with van der Waals surface area (Å²) in [6.45, 7) is 0. The predicted molar refractivity (Wildman–Crippen MR) is 204 cm³/mol. The van der Waals surface area contributed by atoms with Crippen LogP contribution in [0.3, 0.4) is 0 Å². The second kappa shape index (κ2) is 12.7. The molecule has 14 heteroatoms. The number of anilines is 2. The van der Waals surface area contributed by atoms with Crippen molar-refractivity contribution in [3.8, 4) is 34.4 Å². The molecule has 0 atom stereocenters. The summed E-state index contributed by atoms with van der Waals surface area (Å²) in [5.74, 6) is -0.177. The Balaban J connectivity index is 0.944. The van der Waals surface area contributed by atoms with Crippen LogP contribution in [0.2, 0.25) is 0 Å². The van der Waals surface area contributed by atoms with Gasteiger partial charge in [-0.2, -0.15) is 0 Å². The number of carbonyl (C=O) groups is 4. The molecule has 270 valence electrons. The van der Waals surface area contributed by atoms with Crippen LogP contribution < -0.4 is 41.5 Å². The highest BCUT2D eigenvalue weighted by molar-refractivity contribution is 6.28. The van der Waals surface area contributed by atoms with Gasteiger partial charge in [0, 0.05) is 24.3 Å². The molecule has 0 radical (unpaired) electrons. The fourth-order valence-corrected chi connectivity index (χ4v) is 6.68. The average Bonchev–Trinajstić information content (AvgIpc) is 3.88. The van der Waals surface area contributed by atoms with E-state index < -0.39 is 45.9 Å². The van der Waals surface area contributed by atoms with Gasteiger partial charge in [-0.05, 0) is 109 Å². The van der Waals surface area contributed by atoms with E-state index in [1.165, 1.54) is 60.7 Å². The van der Waals surface area contributed by atoms with Gasteiger partial charge >= 0.3 is 0 Å². The third-order valence-electron chi connectivity index (χ3n) is 9.36. The van der Waals surface area contributed by atoms with Crippen molar-refractivity contribution in [1.29, 1.82) is 0 Å². The summed E-state index contributed by atoms with van der Waals surface area (Å²) < 4.78 is 13.6. The maximum absolute atomic E-state index is 13.6. The molecular weight excluding hydrogens is 720 g/mol. The number of amides is 4. The molecule has 0 bridgehead atoms. The molecular formula is C42H22N4O10. The van der Waals surface area contributed by atoms with Gasteiger partial charge in [0.25, 0.3) is 45.9 Å². The Kier molecular flexibility index (Phi) is 7.61. The number of hydrogen-bond acceptors (Lipinski definition) is 10. The number of imide groups is 2. The van der Waals surface area contributed by atoms with Crippen molar-refractivity contribution in [1.82, 2.24) is 9.13 Å². The zero-order valence-corrected chi connectivity index (χ0v) is 28.6. The minimum absolute atomic E-state index is 0.0215. The Morgan fingerprint density at radius 3 is 0.786 bits per heavy atom. The summed E-state index contributed by atoms with van der Waals surface area (Å²) in [4.78, 5) is 104. The monoisotopic (exact) mass is 742 g/mol. The molecule has 0 spiro atoms. The number of carbonyl (C=O) groups excluding carboxylic acids is 4. The number of ether oxygens (including phenoxy) is 2. The Hall–Kier alpha value is -8.26. The smallest absolute Gasteiger partial charge is 0.266 e. The summed E-state index contributed by atoms with van der Waals surface area (Å²) in [5, 5.41) is -0.0858. The van der Waals surface area contributed by atoms with E-state index in [2.05, 4.69) is 0 Å². The van der Waals surface area contributed by atoms with Gasteiger partial charge in [-0.15, -0.1) is 0 Å². The summed E-state index contributed by atoms with van der Waals surface area (Å²) in [5.41, 5.74) is -1.41. The predicted octanol–water partition coefficient (Wildman–Crippen LogP) is 4.33. The van der Waals surface area contributed by atoms with Gasteiger partial charge in [-0.1, -0.05) is 0 Å². The maximum atomic E-state index is 13.6. The molecule has 0 fully saturated rings. The van der Waals surface area contributed by atoms with Crippen LogP contribution in [0.25, 0.3) is 32.9 Å². The van der Waals surface area contributed by atoms with Gasteiger partial charge < -0.3 is 9.47 Å². The molecule has 0 saturated carbocycles. The number of benzene rings is 5. The number of nitrogens with zero attached hydrogens (tertiary/aromatic N) is 4. The van der Waals surface area contributed by atoms with Gasteiger partial charge in [0.1, 0.15) is 23.0 Å². The summed E-state index contributed by atoms with van der Waals surface area (Å²) >= 11 is 0. The van der Waals surface area contributed by atoms with Crippen LogP contribution in [-0.2, 0) is 19.2 Å². The summed E-state index contributed by atoms with van der Waals surface area (Å²) in [7, 11) is 0. The van der Waals surface area contributed by atoms with Crippen molar-refractivity contribution in [2.45, 2.75) is 0 Å². The van der Waals surface area contributed by atoms with Crippen LogP contribution in [0, 0.1) is 0 Å². The standard InChI is InChI=1S/C42H22N4O10/c47-35-17-18-36(48)43(35)23-1-9-27(10-2-23)55-29-13-5-25(6-14-29)45-39(51)31-21-33-34(22-32(31)40(45)52)42(54)46(41(33)53)26-7-15-30(16-8-26)56-28-11-3-24(4-12-28)44-37(49)19-20-38(44)50/h1-22H. The Morgan fingerprint density at radius 2 is 0.536 bits per heavy atom. The third-order valence-corrected chi connectivity index (χ3v) is 9.36. The lowest BCUT2D eigenvalue weighted by molar-refractivity contribution is -0.121. The van der Waals surface area contributed by atoms with E-state index in [9.17, 15) is 38.4 Å². The van der Waals surface area contributed by atoms with Crippen molar-refractivity contribution < 1.29 is 28.7 Å². The normalized spacial score (nSPS) is 13.9. The topological polar surface area (TPSA) is 171 Å². The first-order chi connectivity index (χ1) is 27.0. The zero-order chi connectivity index (χ0) is 38.8. The summed E-state index contributed by atoms with van der Waals surface area (Å²) in [6.07, 6.45) is 4.77. The maximum Gasteiger partial charge on any atom is 0.266 e. The molecule has 9 rings (SSSR count). The van der Waals surface area contributed by atoms with E-state index >= 15 is 0 Å². The van der Waals surface area contributed by atoms with Crippen LogP contribution >= 0.6 is 0 Å². The Labute approximate surface area is 312 Å². The minimum atomic E-state index is -0.666. The average molecular weight is 743 g/mol. The van der Waals surface area contributed by atoms with Gasteiger partial charge in [0.15, 0.2) is 0 Å². The number of fused-ring (bicyclic) bond motifs is 2. The van der Waals surface area contributed by atoms with E-state index in [0.29, 0.717) is 34.4 Å². The molecule has 14 nitrogen and oxygen atoms in total. The van der Waals surface area contributed by atoms with E-state index in [0.717, 1.165) is 18.9 Å². The van der Waals surface area contributed by atoms with E-state index in [1.807, 2.05) is 0 Å². The van der Waals surface area contributed by atoms with Crippen molar-refractivity contribution in [3.05, 3.63) is 175 Å². The lowest BCUT2D eigenvalue weighted by Crippen LogP contribution is -2.29. The minimum Gasteiger partial charge on any atom is -0.457 e.